The molecule has 0 atom stereocenters. The van der Waals surface area contributed by atoms with Gasteiger partial charge in [0.25, 0.3) is 0 Å². The monoisotopic (exact) mass is 241 g/mol. The Labute approximate surface area is 83.5 Å². The van der Waals surface area contributed by atoms with Crippen molar-refractivity contribution in [3.05, 3.63) is 24.3 Å². The molecule has 0 aliphatic carbocycles. The van der Waals surface area contributed by atoms with Gasteiger partial charge in [0.2, 0.25) is 0 Å². The van der Waals surface area contributed by atoms with Crippen molar-refractivity contribution in [3.8, 4) is 5.69 Å². The topological polar surface area (TPSA) is 48.5 Å². The lowest BCUT2D eigenvalue weighted by Gasteiger charge is -1.90. The van der Waals surface area contributed by atoms with Crippen molar-refractivity contribution in [2.24, 2.45) is 7.05 Å². The molecular weight excluding hydrogens is 234 g/mol. The van der Waals surface area contributed by atoms with Gasteiger partial charge in [-0.1, -0.05) is 21.1 Å². The third kappa shape index (κ3) is 1.62. The summed E-state index contributed by atoms with van der Waals surface area (Å²) in [4.78, 5) is 0. The highest BCUT2D eigenvalue weighted by Gasteiger charge is 2.02. The zero-order valence-corrected chi connectivity index (χ0v) is 8.64. The molecule has 2 rings (SSSR count). The van der Waals surface area contributed by atoms with E-state index in [-0.39, 0.29) is 0 Å². The molecule has 0 saturated heterocycles. The maximum Gasteiger partial charge on any atom is 0.104 e. The largest absolute Gasteiger partial charge is 0.274 e. The van der Waals surface area contributed by atoms with Gasteiger partial charge in [-0.2, -0.15) is 5.10 Å². The molecule has 0 unspecified atom stereocenters. The molecule has 0 spiro atoms. The summed E-state index contributed by atoms with van der Waals surface area (Å²) in [5.74, 6) is 0. The summed E-state index contributed by atoms with van der Waals surface area (Å²) < 4.78 is 3.43. The summed E-state index contributed by atoms with van der Waals surface area (Å²) in [5, 5.41) is 12.7. The van der Waals surface area contributed by atoms with E-state index in [2.05, 4.69) is 31.3 Å². The number of hydrogen-bond acceptors (Lipinski definition) is 3. The van der Waals surface area contributed by atoms with Crippen LogP contribution in [0, 0.1) is 0 Å². The normalized spacial score (nSPS) is 10.6. The van der Waals surface area contributed by atoms with E-state index in [0.717, 1.165) is 11.4 Å². The van der Waals surface area contributed by atoms with Crippen molar-refractivity contribution in [3.63, 3.8) is 0 Å². The van der Waals surface area contributed by atoms with E-state index >= 15 is 0 Å². The minimum atomic E-state index is 0.716. The second-order valence-electron chi connectivity index (χ2n) is 2.66. The van der Waals surface area contributed by atoms with Gasteiger partial charge in [-0.15, -0.1) is 5.10 Å². The van der Waals surface area contributed by atoms with Crippen LogP contribution in [0.5, 0.6) is 0 Å². The first-order valence-corrected chi connectivity index (χ1v) is 4.88. The predicted molar refractivity (Wildman–Crippen MR) is 50.8 cm³/mol. The van der Waals surface area contributed by atoms with E-state index in [1.807, 2.05) is 19.4 Å². The molecule has 13 heavy (non-hydrogen) atoms. The Kier molecular flexibility index (Phi) is 2.13. The van der Waals surface area contributed by atoms with Crippen LogP contribution in [-0.4, -0.2) is 24.8 Å². The molecule has 0 aromatic carbocycles. The molecule has 68 valence electrons. The smallest absolute Gasteiger partial charge is 0.104 e. The van der Waals surface area contributed by atoms with Crippen LogP contribution in [-0.2, 0) is 12.4 Å². The average molecular weight is 242 g/mol. The molecule has 2 aromatic heterocycles. The van der Waals surface area contributed by atoms with Gasteiger partial charge in [-0.25, -0.2) is 4.68 Å². The van der Waals surface area contributed by atoms with Gasteiger partial charge in [-0.3, -0.25) is 4.68 Å². The molecular formula is C7H8BrN5. The molecule has 0 aliphatic heterocycles. The van der Waals surface area contributed by atoms with E-state index in [9.17, 15) is 0 Å². The number of nitrogens with zero attached hydrogens (tertiary/aromatic N) is 5. The van der Waals surface area contributed by atoms with Crippen molar-refractivity contribution in [1.82, 2.24) is 24.8 Å². The molecule has 0 bridgehead atoms. The van der Waals surface area contributed by atoms with Crippen molar-refractivity contribution < 1.29 is 0 Å². The first kappa shape index (κ1) is 8.43. The molecule has 6 heteroatoms. The highest BCUT2D eigenvalue weighted by molar-refractivity contribution is 9.08. The van der Waals surface area contributed by atoms with Gasteiger partial charge in [0.05, 0.1) is 24.3 Å². The first-order chi connectivity index (χ1) is 6.29. The number of hydrogen-bond donors (Lipinski definition) is 0. The standard InChI is InChI=1S/C7H8BrN5/c1-12-5-7(3-9-12)13-4-6(2-8)10-11-13/h3-5H,2H2,1H3. The lowest BCUT2D eigenvalue weighted by Crippen LogP contribution is -1.92. The third-order valence-electron chi connectivity index (χ3n) is 1.63. The van der Waals surface area contributed by atoms with Crippen LogP contribution < -0.4 is 0 Å². The average Bonchev–Trinajstić information content (AvgIpc) is 2.71. The third-order valence-corrected chi connectivity index (χ3v) is 2.21. The van der Waals surface area contributed by atoms with Crippen molar-refractivity contribution in [2.45, 2.75) is 5.33 Å². The molecule has 5 nitrogen and oxygen atoms in total. The fourth-order valence-electron chi connectivity index (χ4n) is 1.01. The van der Waals surface area contributed by atoms with Crippen LogP contribution in [0.3, 0.4) is 0 Å². The predicted octanol–water partition coefficient (Wildman–Crippen LogP) is 0.896. The van der Waals surface area contributed by atoms with E-state index < -0.39 is 0 Å². The van der Waals surface area contributed by atoms with Gasteiger partial charge in [0.15, 0.2) is 0 Å². The Morgan fingerprint density at radius 1 is 1.46 bits per heavy atom. The Morgan fingerprint density at radius 3 is 2.85 bits per heavy atom. The van der Waals surface area contributed by atoms with E-state index in [1.54, 1.807) is 15.6 Å². The second-order valence-corrected chi connectivity index (χ2v) is 3.22. The number of alkyl halides is 1. The van der Waals surface area contributed by atoms with Crippen molar-refractivity contribution >= 4 is 15.9 Å². The quantitative estimate of drug-likeness (QED) is 0.735. The Morgan fingerprint density at radius 2 is 2.31 bits per heavy atom. The van der Waals surface area contributed by atoms with Gasteiger partial charge in [0.1, 0.15) is 5.69 Å². The molecule has 0 fully saturated rings. The zero-order valence-electron chi connectivity index (χ0n) is 7.05. The van der Waals surface area contributed by atoms with Crippen LogP contribution in [0.4, 0.5) is 0 Å². The molecule has 0 saturated carbocycles. The molecule has 0 radical (unpaired) electrons. The van der Waals surface area contributed by atoms with Gasteiger partial charge in [0, 0.05) is 12.4 Å². The molecule has 2 heterocycles. The fourth-order valence-corrected chi connectivity index (χ4v) is 1.27. The van der Waals surface area contributed by atoms with E-state index in [0.29, 0.717) is 5.33 Å². The van der Waals surface area contributed by atoms with E-state index in [4.69, 9.17) is 0 Å². The Balaban J connectivity index is 2.35. The highest BCUT2D eigenvalue weighted by Crippen LogP contribution is 2.06. The number of halogens is 1. The van der Waals surface area contributed by atoms with Gasteiger partial charge < -0.3 is 0 Å². The molecule has 0 N–H and O–H groups in total. The second kappa shape index (κ2) is 3.29. The number of aromatic nitrogens is 5. The lowest BCUT2D eigenvalue weighted by atomic mass is 10.5. The van der Waals surface area contributed by atoms with Crippen LogP contribution in [0.25, 0.3) is 5.69 Å². The van der Waals surface area contributed by atoms with Crippen LogP contribution >= 0.6 is 15.9 Å². The number of aryl methyl sites for hydroxylation is 1. The van der Waals surface area contributed by atoms with Crippen molar-refractivity contribution in [2.75, 3.05) is 0 Å². The summed E-state index contributed by atoms with van der Waals surface area (Å²) >= 11 is 3.31. The molecule has 0 amide bonds. The SMILES string of the molecule is Cn1cc(-n2cc(CBr)nn2)cn1. The molecule has 2 aromatic rings. The summed E-state index contributed by atoms with van der Waals surface area (Å²) in [6.45, 7) is 0. The summed E-state index contributed by atoms with van der Waals surface area (Å²) in [6, 6.07) is 0. The minimum absolute atomic E-state index is 0.716. The fraction of sp³-hybridized carbons (Fsp3) is 0.286. The lowest BCUT2D eigenvalue weighted by molar-refractivity contribution is 0.763. The Bertz CT molecular complexity index is 404. The highest BCUT2D eigenvalue weighted by atomic mass is 79.9. The molecule has 0 aliphatic rings. The van der Waals surface area contributed by atoms with Crippen LogP contribution in [0.2, 0.25) is 0 Å². The van der Waals surface area contributed by atoms with Gasteiger partial charge in [-0.05, 0) is 0 Å². The zero-order chi connectivity index (χ0) is 9.26. The van der Waals surface area contributed by atoms with Gasteiger partial charge >= 0.3 is 0 Å². The maximum absolute atomic E-state index is 4.04. The summed E-state index contributed by atoms with van der Waals surface area (Å²) in [7, 11) is 1.87. The minimum Gasteiger partial charge on any atom is -0.274 e. The first-order valence-electron chi connectivity index (χ1n) is 3.76. The number of rotatable bonds is 2. The maximum atomic E-state index is 4.04. The summed E-state index contributed by atoms with van der Waals surface area (Å²) in [6.07, 6.45) is 5.49. The summed E-state index contributed by atoms with van der Waals surface area (Å²) in [5.41, 5.74) is 1.83. The van der Waals surface area contributed by atoms with Crippen molar-refractivity contribution in [1.29, 1.82) is 0 Å². The van der Waals surface area contributed by atoms with Crippen LogP contribution in [0.1, 0.15) is 5.69 Å². The van der Waals surface area contributed by atoms with E-state index in [1.165, 1.54) is 0 Å². The Hall–Kier alpha value is -1.17. The van der Waals surface area contributed by atoms with Crippen LogP contribution in [0.15, 0.2) is 18.6 Å².